The molecule has 0 aromatic heterocycles. The van der Waals surface area contributed by atoms with Crippen LogP contribution in [0.25, 0.3) is 0 Å². The number of aryl methyl sites for hydroxylation is 1. The molecule has 1 aliphatic heterocycles. The summed E-state index contributed by atoms with van der Waals surface area (Å²) < 4.78 is 27.6. The van der Waals surface area contributed by atoms with Crippen molar-refractivity contribution >= 4 is 23.8 Å². The van der Waals surface area contributed by atoms with Crippen molar-refractivity contribution in [2.75, 3.05) is 6.61 Å². The average molecular weight is 437 g/mol. The molecule has 2 rings (SSSR count). The molecular formula is C21H27NO9. The smallest absolute Gasteiger partial charge is 0.303 e. The SMILES string of the molecule is CC(=O)N[C@H]1[C@H](Oc2ccc(C)cc2)O[C@H](COC(C)=O)[C@@H](OC(C)=O)[C@H]1OC(C)=O. The van der Waals surface area contributed by atoms with Crippen LogP contribution in [0.15, 0.2) is 24.3 Å². The van der Waals surface area contributed by atoms with Crippen molar-refractivity contribution in [2.24, 2.45) is 0 Å². The maximum Gasteiger partial charge on any atom is 0.303 e. The van der Waals surface area contributed by atoms with Gasteiger partial charge in [0.05, 0.1) is 0 Å². The molecule has 1 aromatic rings. The molecule has 10 heteroatoms. The van der Waals surface area contributed by atoms with Gasteiger partial charge in [0.2, 0.25) is 12.2 Å². The second kappa shape index (κ2) is 10.8. The summed E-state index contributed by atoms with van der Waals surface area (Å²) in [6.07, 6.45) is -4.47. The van der Waals surface area contributed by atoms with Crippen molar-refractivity contribution in [3.63, 3.8) is 0 Å². The Morgan fingerprint density at radius 1 is 0.903 bits per heavy atom. The molecule has 31 heavy (non-hydrogen) atoms. The van der Waals surface area contributed by atoms with Gasteiger partial charge >= 0.3 is 17.9 Å². The highest BCUT2D eigenvalue weighted by molar-refractivity contribution is 5.73. The monoisotopic (exact) mass is 437 g/mol. The molecule has 0 bridgehead atoms. The summed E-state index contributed by atoms with van der Waals surface area (Å²) in [6.45, 7) is 6.48. The summed E-state index contributed by atoms with van der Waals surface area (Å²) in [4.78, 5) is 46.7. The van der Waals surface area contributed by atoms with Crippen LogP contribution < -0.4 is 10.1 Å². The molecule has 1 saturated heterocycles. The van der Waals surface area contributed by atoms with Gasteiger partial charge in [0.25, 0.3) is 0 Å². The van der Waals surface area contributed by atoms with Crippen LogP contribution in [0.3, 0.4) is 0 Å². The van der Waals surface area contributed by atoms with Crippen molar-refractivity contribution in [1.82, 2.24) is 5.32 Å². The summed E-state index contributed by atoms with van der Waals surface area (Å²) in [5.74, 6) is -1.92. The van der Waals surface area contributed by atoms with Gasteiger partial charge in [-0.3, -0.25) is 19.2 Å². The lowest BCUT2D eigenvalue weighted by Gasteiger charge is -2.44. The Hall–Kier alpha value is -3.14. The van der Waals surface area contributed by atoms with Gasteiger partial charge in [0.15, 0.2) is 12.2 Å². The normalized spacial score (nSPS) is 25.1. The molecule has 5 atom stereocenters. The van der Waals surface area contributed by atoms with Crippen LogP contribution >= 0.6 is 0 Å². The third-order valence-electron chi connectivity index (χ3n) is 4.34. The molecule has 1 aromatic carbocycles. The van der Waals surface area contributed by atoms with E-state index >= 15 is 0 Å². The molecular weight excluding hydrogens is 410 g/mol. The number of hydrogen-bond acceptors (Lipinski definition) is 9. The Balaban J connectivity index is 2.43. The maximum absolute atomic E-state index is 11.9. The molecule has 0 spiro atoms. The van der Waals surface area contributed by atoms with E-state index in [1.807, 2.05) is 19.1 Å². The lowest BCUT2D eigenvalue weighted by Crippen LogP contribution is -2.67. The number of benzene rings is 1. The predicted molar refractivity (Wildman–Crippen MR) is 106 cm³/mol. The van der Waals surface area contributed by atoms with Crippen LogP contribution in [0.5, 0.6) is 5.75 Å². The zero-order valence-electron chi connectivity index (χ0n) is 18.1. The maximum atomic E-state index is 11.9. The molecule has 170 valence electrons. The Labute approximate surface area is 180 Å². The minimum atomic E-state index is -1.16. The Morgan fingerprint density at radius 2 is 1.48 bits per heavy atom. The van der Waals surface area contributed by atoms with E-state index in [0.29, 0.717) is 5.75 Å². The van der Waals surface area contributed by atoms with Gasteiger partial charge in [-0.05, 0) is 19.1 Å². The number of amides is 1. The van der Waals surface area contributed by atoms with Crippen molar-refractivity contribution in [3.05, 3.63) is 29.8 Å². The van der Waals surface area contributed by atoms with Gasteiger partial charge in [-0.1, -0.05) is 17.7 Å². The van der Waals surface area contributed by atoms with Crippen LogP contribution in [-0.2, 0) is 38.1 Å². The van der Waals surface area contributed by atoms with E-state index in [9.17, 15) is 19.2 Å². The quantitative estimate of drug-likeness (QED) is 0.491. The number of carbonyl (C=O) groups excluding carboxylic acids is 4. The van der Waals surface area contributed by atoms with E-state index < -0.39 is 54.5 Å². The van der Waals surface area contributed by atoms with Crippen LogP contribution in [0, 0.1) is 6.92 Å². The lowest BCUT2D eigenvalue weighted by atomic mass is 9.96. The molecule has 10 nitrogen and oxygen atoms in total. The zero-order chi connectivity index (χ0) is 23.1. The van der Waals surface area contributed by atoms with Crippen LogP contribution in [-0.4, -0.2) is 61.1 Å². The van der Waals surface area contributed by atoms with Crippen LogP contribution in [0.2, 0.25) is 0 Å². The lowest BCUT2D eigenvalue weighted by molar-refractivity contribution is -0.257. The molecule has 0 aliphatic carbocycles. The van der Waals surface area contributed by atoms with Gasteiger partial charge < -0.3 is 29.0 Å². The Bertz CT molecular complexity index is 808. The molecule has 0 unspecified atom stereocenters. The standard InChI is InChI=1S/C21H27NO9/c1-11-6-8-16(9-7-11)30-21-18(22-12(2)23)20(29-15(5)26)19(28-14(4)25)17(31-21)10-27-13(3)24/h6-9,17-21H,10H2,1-5H3,(H,22,23)/t17-,18-,19-,20+,21-/m1/s1. The molecule has 1 amide bonds. The second-order valence-electron chi connectivity index (χ2n) is 7.15. The first kappa shape index (κ1) is 24.1. The summed E-state index contributed by atoms with van der Waals surface area (Å²) in [5, 5.41) is 2.64. The van der Waals surface area contributed by atoms with Crippen LogP contribution in [0.4, 0.5) is 0 Å². The summed E-state index contributed by atoms with van der Waals surface area (Å²) >= 11 is 0. The van der Waals surface area contributed by atoms with Crippen molar-refractivity contribution in [1.29, 1.82) is 0 Å². The first-order valence-corrected chi connectivity index (χ1v) is 9.70. The Kier molecular flexibility index (Phi) is 8.38. The highest BCUT2D eigenvalue weighted by atomic mass is 16.7. The van der Waals surface area contributed by atoms with Crippen molar-refractivity contribution in [3.8, 4) is 5.75 Å². The number of carbonyl (C=O) groups is 4. The molecule has 1 fully saturated rings. The average Bonchev–Trinajstić information content (AvgIpc) is 2.65. The van der Waals surface area contributed by atoms with E-state index in [1.165, 1.54) is 27.7 Å². The minimum absolute atomic E-state index is 0.286. The van der Waals surface area contributed by atoms with Gasteiger partial charge in [-0.2, -0.15) is 0 Å². The highest BCUT2D eigenvalue weighted by Gasteiger charge is 2.51. The third kappa shape index (κ3) is 7.25. The van der Waals surface area contributed by atoms with E-state index in [0.717, 1.165) is 5.56 Å². The number of esters is 3. The number of ether oxygens (including phenoxy) is 5. The molecule has 0 radical (unpaired) electrons. The first-order chi connectivity index (χ1) is 14.6. The van der Waals surface area contributed by atoms with Crippen LogP contribution in [0.1, 0.15) is 33.3 Å². The largest absolute Gasteiger partial charge is 0.463 e. The highest BCUT2D eigenvalue weighted by Crippen LogP contribution is 2.29. The van der Waals surface area contributed by atoms with E-state index in [2.05, 4.69) is 5.32 Å². The molecule has 1 aliphatic rings. The van der Waals surface area contributed by atoms with E-state index in [1.54, 1.807) is 12.1 Å². The summed E-state index contributed by atoms with van der Waals surface area (Å²) in [6, 6.07) is 6.06. The van der Waals surface area contributed by atoms with E-state index in [4.69, 9.17) is 23.7 Å². The fourth-order valence-corrected chi connectivity index (χ4v) is 3.14. The summed E-state index contributed by atoms with van der Waals surface area (Å²) in [5.41, 5.74) is 1.01. The Morgan fingerprint density at radius 3 is 2.00 bits per heavy atom. The minimum Gasteiger partial charge on any atom is -0.463 e. The van der Waals surface area contributed by atoms with Gasteiger partial charge in [0.1, 0.15) is 24.5 Å². The topological polar surface area (TPSA) is 126 Å². The third-order valence-corrected chi connectivity index (χ3v) is 4.34. The zero-order valence-corrected chi connectivity index (χ0v) is 18.1. The van der Waals surface area contributed by atoms with Gasteiger partial charge in [0, 0.05) is 27.7 Å². The van der Waals surface area contributed by atoms with Gasteiger partial charge in [-0.25, -0.2) is 0 Å². The number of nitrogens with one attached hydrogen (secondary N) is 1. The summed E-state index contributed by atoms with van der Waals surface area (Å²) in [7, 11) is 0. The second-order valence-corrected chi connectivity index (χ2v) is 7.15. The first-order valence-electron chi connectivity index (χ1n) is 9.70. The molecule has 0 saturated carbocycles. The van der Waals surface area contributed by atoms with Crippen molar-refractivity contribution in [2.45, 2.75) is 65.3 Å². The van der Waals surface area contributed by atoms with E-state index in [-0.39, 0.29) is 6.61 Å². The van der Waals surface area contributed by atoms with Gasteiger partial charge in [-0.15, -0.1) is 0 Å². The fourth-order valence-electron chi connectivity index (χ4n) is 3.14. The number of rotatable bonds is 7. The molecule has 1 N–H and O–H groups in total. The number of hydrogen-bond donors (Lipinski definition) is 1. The molecule has 1 heterocycles. The van der Waals surface area contributed by atoms with Crippen molar-refractivity contribution < 1.29 is 42.9 Å². The predicted octanol–water partition coefficient (Wildman–Crippen LogP) is 1.03. The fraction of sp³-hybridized carbons (Fsp3) is 0.524.